The van der Waals surface area contributed by atoms with Crippen molar-refractivity contribution in [2.75, 3.05) is 85.1 Å². The highest BCUT2D eigenvalue weighted by molar-refractivity contribution is 4.93. The molecule has 2 rings (SSSR count). The Morgan fingerprint density at radius 2 is 1.31 bits per heavy atom. The van der Waals surface area contributed by atoms with E-state index in [0.29, 0.717) is 0 Å². The van der Waals surface area contributed by atoms with Crippen molar-refractivity contribution in [3.8, 4) is 0 Å². The minimum Gasteiger partial charge on any atom is -0.348 e. The second-order valence-corrected chi connectivity index (χ2v) is 9.14. The molecule has 35 heavy (non-hydrogen) atoms. The molecule has 2 heterocycles. The number of rotatable bonds is 18. The summed E-state index contributed by atoms with van der Waals surface area (Å²) in [7, 11) is 0. The molecule has 1 saturated heterocycles. The van der Waals surface area contributed by atoms with Gasteiger partial charge in [0.05, 0.1) is 6.33 Å². The molecule has 0 spiro atoms. The van der Waals surface area contributed by atoms with Gasteiger partial charge >= 0.3 is 0 Å². The molecular weight excluding hydrogens is 438 g/mol. The summed E-state index contributed by atoms with van der Waals surface area (Å²) >= 11 is 0. The maximum Gasteiger partial charge on any atom is 0.0921 e. The number of piperazine rings is 1. The predicted molar refractivity (Wildman–Crippen MR) is 152 cm³/mol. The number of nitrogens with two attached hydrogens (primary N) is 3. The normalized spacial score (nSPS) is 14.2. The van der Waals surface area contributed by atoms with E-state index in [4.69, 9.17) is 17.2 Å². The van der Waals surface area contributed by atoms with Gasteiger partial charge in [0, 0.05) is 51.2 Å². The van der Waals surface area contributed by atoms with Gasteiger partial charge in [-0.2, -0.15) is 0 Å². The highest BCUT2D eigenvalue weighted by Crippen LogP contribution is 2.02. The highest BCUT2D eigenvalue weighted by Gasteiger charge is 2.15. The summed E-state index contributed by atoms with van der Waals surface area (Å²) in [5, 5.41) is 6.69. The van der Waals surface area contributed by atoms with Crippen LogP contribution in [0.15, 0.2) is 12.5 Å². The third-order valence-corrected chi connectivity index (χ3v) is 5.85. The van der Waals surface area contributed by atoms with Gasteiger partial charge in [-0.1, -0.05) is 26.7 Å². The average molecular weight is 498 g/mol. The first-order chi connectivity index (χ1) is 17.2. The van der Waals surface area contributed by atoms with Crippen molar-refractivity contribution in [3.05, 3.63) is 18.2 Å². The van der Waals surface area contributed by atoms with Gasteiger partial charge in [-0.05, 0) is 84.3 Å². The van der Waals surface area contributed by atoms with Crippen molar-refractivity contribution < 1.29 is 0 Å². The smallest absolute Gasteiger partial charge is 0.0921 e. The van der Waals surface area contributed by atoms with E-state index < -0.39 is 0 Å². The largest absolute Gasteiger partial charge is 0.348 e. The molecule has 0 atom stereocenters. The van der Waals surface area contributed by atoms with Gasteiger partial charge in [-0.25, -0.2) is 4.98 Å². The predicted octanol–water partition coefficient (Wildman–Crippen LogP) is 1.37. The van der Waals surface area contributed by atoms with Crippen molar-refractivity contribution in [2.24, 2.45) is 17.2 Å². The van der Waals surface area contributed by atoms with Gasteiger partial charge in [-0.15, -0.1) is 0 Å². The summed E-state index contributed by atoms with van der Waals surface area (Å²) in [5.41, 5.74) is 17.6. The van der Waals surface area contributed by atoms with E-state index in [9.17, 15) is 0 Å². The SMILES string of the molecule is CCCNCCCCCNCCN.CCCc1cnc[nH]1.NCCCN1CCN(CCCN)CC1. The summed E-state index contributed by atoms with van der Waals surface area (Å²) in [6, 6.07) is 0. The third-order valence-electron chi connectivity index (χ3n) is 5.85. The zero-order valence-corrected chi connectivity index (χ0v) is 23.1. The highest BCUT2D eigenvalue weighted by atomic mass is 15.3. The van der Waals surface area contributed by atoms with E-state index in [1.54, 1.807) is 6.33 Å². The molecule has 208 valence electrons. The number of aromatic nitrogens is 2. The second kappa shape index (κ2) is 27.5. The van der Waals surface area contributed by atoms with E-state index in [2.05, 4.69) is 44.2 Å². The minimum absolute atomic E-state index is 0.748. The quantitative estimate of drug-likeness (QED) is 0.167. The van der Waals surface area contributed by atoms with Crippen LogP contribution in [-0.4, -0.2) is 105 Å². The van der Waals surface area contributed by atoms with E-state index in [1.165, 1.54) is 83.6 Å². The van der Waals surface area contributed by atoms with Gasteiger partial charge < -0.3 is 42.6 Å². The fourth-order valence-corrected chi connectivity index (χ4v) is 3.76. The molecule has 1 fully saturated rings. The van der Waals surface area contributed by atoms with E-state index in [-0.39, 0.29) is 0 Å². The molecular formula is C26H59N9. The summed E-state index contributed by atoms with van der Waals surface area (Å²) in [5.74, 6) is 0. The first-order valence-electron chi connectivity index (χ1n) is 14.1. The molecule has 0 amide bonds. The topological polar surface area (TPSA) is 137 Å². The van der Waals surface area contributed by atoms with Crippen LogP contribution in [0.5, 0.6) is 0 Å². The van der Waals surface area contributed by atoms with Gasteiger partial charge in [0.2, 0.25) is 0 Å². The van der Waals surface area contributed by atoms with E-state index in [0.717, 1.165) is 58.5 Å². The molecule has 9 heteroatoms. The number of H-pyrrole nitrogens is 1. The molecule has 1 aliphatic rings. The molecule has 0 aromatic carbocycles. The van der Waals surface area contributed by atoms with E-state index in [1.807, 2.05) is 6.20 Å². The fourth-order valence-electron chi connectivity index (χ4n) is 3.76. The zero-order valence-electron chi connectivity index (χ0n) is 23.1. The van der Waals surface area contributed by atoms with Crippen molar-refractivity contribution in [1.82, 2.24) is 30.4 Å². The molecule has 0 unspecified atom stereocenters. The van der Waals surface area contributed by atoms with Crippen molar-refractivity contribution in [1.29, 1.82) is 0 Å². The van der Waals surface area contributed by atoms with Crippen LogP contribution in [0.4, 0.5) is 0 Å². The molecule has 1 aliphatic heterocycles. The van der Waals surface area contributed by atoms with Crippen molar-refractivity contribution in [2.45, 2.75) is 65.2 Å². The standard InChI is InChI=1S/C10H24N4.C10H25N3.C6H10N2/c11-3-1-5-13-7-9-14(10-8-13)6-2-4-12;1-2-7-12-8-4-3-5-9-13-10-6-11;1-2-3-6-4-7-5-8-6/h1-12H2;12-13H,2-11H2,1H3;4-5H,2-3H2,1H3,(H,7,8). The number of unbranched alkanes of at least 4 members (excludes halogenated alkanes) is 2. The Balaban J connectivity index is 0.000000513. The molecule has 9 nitrogen and oxygen atoms in total. The van der Waals surface area contributed by atoms with Crippen LogP contribution in [0.3, 0.4) is 0 Å². The maximum absolute atomic E-state index is 5.49. The second-order valence-electron chi connectivity index (χ2n) is 9.14. The lowest BCUT2D eigenvalue weighted by atomic mass is 10.2. The molecule has 0 radical (unpaired) electrons. The fraction of sp³-hybridized carbons (Fsp3) is 0.885. The number of nitrogens with zero attached hydrogens (tertiary/aromatic N) is 3. The van der Waals surface area contributed by atoms with Crippen LogP contribution in [-0.2, 0) is 6.42 Å². The molecule has 0 bridgehead atoms. The van der Waals surface area contributed by atoms with Crippen LogP contribution >= 0.6 is 0 Å². The lowest BCUT2D eigenvalue weighted by molar-refractivity contribution is 0.131. The first kappa shape index (κ1) is 33.9. The lowest BCUT2D eigenvalue weighted by Gasteiger charge is -2.34. The average Bonchev–Trinajstić information content (AvgIpc) is 3.40. The summed E-state index contributed by atoms with van der Waals surface area (Å²) < 4.78 is 0. The molecule has 1 aromatic rings. The number of nitrogens with one attached hydrogen (secondary N) is 3. The molecule has 9 N–H and O–H groups in total. The maximum atomic E-state index is 5.49. The van der Waals surface area contributed by atoms with Gasteiger partial charge in [0.25, 0.3) is 0 Å². The Morgan fingerprint density at radius 1 is 0.743 bits per heavy atom. The number of hydrogen-bond donors (Lipinski definition) is 6. The number of aromatic amines is 1. The lowest BCUT2D eigenvalue weighted by Crippen LogP contribution is -2.47. The van der Waals surface area contributed by atoms with Crippen molar-refractivity contribution >= 4 is 0 Å². The van der Waals surface area contributed by atoms with Crippen molar-refractivity contribution in [3.63, 3.8) is 0 Å². The van der Waals surface area contributed by atoms with E-state index >= 15 is 0 Å². The van der Waals surface area contributed by atoms with Crippen LogP contribution in [0.2, 0.25) is 0 Å². The Hall–Kier alpha value is -1.07. The summed E-state index contributed by atoms with van der Waals surface area (Å²) in [6.07, 6.45) is 13.2. The minimum atomic E-state index is 0.748. The third kappa shape index (κ3) is 23.1. The Kier molecular flexibility index (Phi) is 26.7. The summed E-state index contributed by atoms with van der Waals surface area (Å²) in [4.78, 5) is 11.9. The van der Waals surface area contributed by atoms with Gasteiger partial charge in [-0.3, -0.25) is 0 Å². The molecule has 0 saturated carbocycles. The number of hydrogen-bond acceptors (Lipinski definition) is 8. The Morgan fingerprint density at radius 3 is 1.74 bits per heavy atom. The van der Waals surface area contributed by atoms with Crippen LogP contribution < -0.4 is 27.8 Å². The summed E-state index contributed by atoms with van der Waals surface area (Å²) in [6.45, 7) is 18.3. The number of imidazole rings is 1. The zero-order chi connectivity index (χ0) is 25.8. The Bertz CT molecular complexity index is 465. The monoisotopic (exact) mass is 497 g/mol. The van der Waals surface area contributed by atoms with Gasteiger partial charge in [0.15, 0.2) is 0 Å². The number of aryl methyl sites for hydroxylation is 1. The van der Waals surface area contributed by atoms with Crippen LogP contribution in [0.1, 0.15) is 64.5 Å². The Labute approximate surface area is 216 Å². The molecule has 1 aromatic heterocycles. The van der Waals surface area contributed by atoms with Crippen LogP contribution in [0.25, 0.3) is 0 Å². The molecule has 0 aliphatic carbocycles. The first-order valence-corrected chi connectivity index (χ1v) is 14.1. The van der Waals surface area contributed by atoms with Gasteiger partial charge in [0.1, 0.15) is 0 Å². The van der Waals surface area contributed by atoms with Crippen LogP contribution in [0, 0.1) is 0 Å².